The molecule has 3 nitrogen and oxygen atoms in total. The van der Waals surface area contributed by atoms with Crippen LogP contribution < -0.4 is 5.73 Å². The van der Waals surface area contributed by atoms with Crippen LogP contribution in [0.3, 0.4) is 0 Å². The van der Waals surface area contributed by atoms with E-state index >= 15 is 0 Å². The van der Waals surface area contributed by atoms with Crippen molar-refractivity contribution in [3.8, 4) is 0 Å². The van der Waals surface area contributed by atoms with Crippen molar-refractivity contribution in [2.24, 2.45) is 0 Å². The molecule has 2 N–H and O–H groups in total. The maximum atomic E-state index is 5.91. The van der Waals surface area contributed by atoms with Gasteiger partial charge in [0.2, 0.25) is 0 Å². The summed E-state index contributed by atoms with van der Waals surface area (Å²) >= 11 is 0. The summed E-state index contributed by atoms with van der Waals surface area (Å²) in [4.78, 5) is 2.54. The van der Waals surface area contributed by atoms with Gasteiger partial charge in [-0.15, -0.1) is 0 Å². The maximum absolute atomic E-state index is 5.91. The fourth-order valence-corrected chi connectivity index (χ4v) is 3.04. The normalized spacial score (nSPS) is 18.0. The Balaban J connectivity index is 1.66. The summed E-state index contributed by atoms with van der Waals surface area (Å²) in [5.74, 6) is 0. The van der Waals surface area contributed by atoms with Crippen LogP contribution in [0.1, 0.15) is 17.5 Å². The first-order chi connectivity index (χ1) is 10.8. The predicted octanol–water partition coefficient (Wildman–Crippen LogP) is 3.10. The first-order valence-electron chi connectivity index (χ1n) is 8.01. The van der Waals surface area contributed by atoms with Gasteiger partial charge in [-0.25, -0.2) is 0 Å². The molecule has 0 saturated carbocycles. The SMILES string of the molecule is Nc1cccc(CN(CCc2ccccc2)C2CCOC2)c1. The van der Waals surface area contributed by atoms with E-state index in [0.717, 1.165) is 44.8 Å². The highest BCUT2D eigenvalue weighted by Gasteiger charge is 2.23. The monoisotopic (exact) mass is 296 g/mol. The molecule has 0 radical (unpaired) electrons. The predicted molar refractivity (Wildman–Crippen MR) is 90.6 cm³/mol. The van der Waals surface area contributed by atoms with Crippen molar-refractivity contribution in [3.05, 3.63) is 65.7 Å². The van der Waals surface area contributed by atoms with Gasteiger partial charge in [-0.2, -0.15) is 0 Å². The minimum absolute atomic E-state index is 0.519. The minimum Gasteiger partial charge on any atom is -0.399 e. The summed E-state index contributed by atoms with van der Waals surface area (Å²) < 4.78 is 5.59. The highest BCUT2D eigenvalue weighted by molar-refractivity contribution is 5.40. The zero-order chi connectivity index (χ0) is 15.2. The Hall–Kier alpha value is -1.84. The lowest BCUT2D eigenvalue weighted by Crippen LogP contribution is -2.36. The summed E-state index contributed by atoms with van der Waals surface area (Å²) in [5, 5.41) is 0. The van der Waals surface area contributed by atoms with Gasteiger partial charge in [0, 0.05) is 31.4 Å². The molecule has 0 aliphatic carbocycles. The third-order valence-corrected chi connectivity index (χ3v) is 4.29. The summed E-state index contributed by atoms with van der Waals surface area (Å²) in [5.41, 5.74) is 9.41. The highest BCUT2D eigenvalue weighted by atomic mass is 16.5. The zero-order valence-electron chi connectivity index (χ0n) is 12.9. The second-order valence-corrected chi connectivity index (χ2v) is 5.97. The Bertz CT molecular complexity index is 579. The van der Waals surface area contributed by atoms with Crippen LogP contribution in [0.5, 0.6) is 0 Å². The Labute approximate surface area is 132 Å². The van der Waals surface area contributed by atoms with Gasteiger partial charge in [0.25, 0.3) is 0 Å². The number of nitrogens with zero attached hydrogens (tertiary/aromatic N) is 1. The first kappa shape index (κ1) is 15.1. The lowest BCUT2D eigenvalue weighted by molar-refractivity contribution is 0.140. The molecule has 0 aromatic heterocycles. The standard InChI is InChI=1S/C19H24N2O/c20-18-8-4-7-17(13-18)14-21(19-10-12-22-15-19)11-9-16-5-2-1-3-6-16/h1-8,13,19H,9-12,14-15,20H2. The van der Waals surface area contributed by atoms with Gasteiger partial charge < -0.3 is 10.5 Å². The van der Waals surface area contributed by atoms with Gasteiger partial charge >= 0.3 is 0 Å². The molecule has 2 aromatic rings. The third-order valence-electron chi connectivity index (χ3n) is 4.29. The van der Waals surface area contributed by atoms with Crippen molar-refractivity contribution in [1.82, 2.24) is 4.90 Å². The van der Waals surface area contributed by atoms with E-state index in [9.17, 15) is 0 Å². The van der Waals surface area contributed by atoms with Crippen molar-refractivity contribution in [3.63, 3.8) is 0 Å². The number of nitrogens with two attached hydrogens (primary N) is 1. The van der Waals surface area contributed by atoms with E-state index in [2.05, 4.69) is 47.4 Å². The molecule has 22 heavy (non-hydrogen) atoms. The van der Waals surface area contributed by atoms with Crippen molar-refractivity contribution >= 4 is 5.69 Å². The van der Waals surface area contributed by atoms with Crippen LogP contribution in [0.2, 0.25) is 0 Å². The number of hydrogen-bond donors (Lipinski definition) is 1. The molecular weight excluding hydrogens is 272 g/mol. The third kappa shape index (κ3) is 4.09. The summed E-state index contributed by atoms with van der Waals surface area (Å²) in [6.07, 6.45) is 2.19. The van der Waals surface area contributed by atoms with E-state index < -0.39 is 0 Å². The molecule has 1 saturated heterocycles. The van der Waals surface area contributed by atoms with E-state index in [-0.39, 0.29) is 0 Å². The molecule has 2 aromatic carbocycles. The lowest BCUT2D eigenvalue weighted by atomic mass is 10.1. The average Bonchev–Trinajstić information content (AvgIpc) is 3.07. The number of nitrogen functional groups attached to an aromatic ring is 1. The number of rotatable bonds is 6. The molecule has 0 bridgehead atoms. The second-order valence-electron chi connectivity index (χ2n) is 5.97. The number of benzene rings is 2. The topological polar surface area (TPSA) is 38.5 Å². The Morgan fingerprint density at radius 2 is 1.86 bits per heavy atom. The molecule has 0 spiro atoms. The van der Waals surface area contributed by atoms with Crippen LogP contribution in [-0.4, -0.2) is 30.7 Å². The van der Waals surface area contributed by atoms with E-state index in [1.165, 1.54) is 11.1 Å². The van der Waals surface area contributed by atoms with Crippen LogP contribution in [0.25, 0.3) is 0 Å². The molecule has 1 aliphatic rings. The van der Waals surface area contributed by atoms with E-state index in [1.54, 1.807) is 0 Å². The zero-order valence-corrected chi connectivity index (χ0v) is 12.9. The van der Waals surface area contributed by atoms with E-state index in [4.69, 9.17) is 10.5 Å². The first-order valence-corrected chi connectivity index (χ1v) is 8.01. The second kappa shape index (κ2) is 7.43. The van der Waals surface area contributed by atoms with Crippen LogP contribution in [0.15, 0.2) is 54.6 Å². The molecule has 3 heteroatoms. The van der Waals surface area contributed by atoms with Crippen molar-refractivity contribution in [2.45, 2.75) is 25.4 Å². The molecule has 1 unspecified atom stereocenters. The van der Waals surface area contributed by atoms with Crippen LogP contribution in [-0.2, 0) is 17.7 Å². The smallest absolute Gasteiger partial charge is 0.0622 e. The summed E-state index contributed by atoms with van der Waals surface area (Å²) in [7, 11) is 0. The number of anilines is 1. The fourth-order valence-electron chi connectivity index (χ4n) is 3.04. The quantitative estimate of drug-likeness (QED) is 0.833. The van der Waals surface area contributed by atoms with Gasteiger partial charge in [-0.1, -0.05) is 42.5 Å². The molecule has 1 aliphatic heterocycles. The van der Waals surface area contributed by atoms with Gasteiger partial charge in [0.1, 0.15) is 0 Å². The van der Waals surface area contributed by atoms with Crippen LogP contribution in [0, 0.1) is 0 Å². The van der Waals surface area contributed by atoms with Gasteiger partial charge in [0.15, 0.2) is 0 Å². The van der Waals surface area contributed by atoms with Crippen molar-refractivity contribution in [2.75, 3.05) is 25.5 Å². The van der Waals surface area contributed by atoms with E-state index in [1.807, 2.05) is 12.1 Å². The minimum atomic E-state index is 0.519. The molecular formula is C19H24N2O. The molecule has 1 heterocycles. The molecule has 1 fully saturated rings. The average molecular weight is 296 g/mol. The van der Waals surface area contributed by atoms with Gasteiger partial charge in [-0.3, -0.25) is 4.90 Å². The van der Waals surface area contributed by atoms with Gasteiger partial charge in [-0.05, 0) is 36.1 Å². The Kier molecular flexibility index (Phi) is 5.09. The molecule has 116 valence electrons. The maximum Gasteiger partial charge on any atom is 0.0622 e. The Morgan fingerprint density at radius 3 is 2.59 bits per heavy atom. The van der Waals surface area contributed by atoms with E-state index in [0.29, 0.717) is 6.04 Å². The van der Waals surface area contributed by atoms with Gasteiger partial charge in [0.05, 0.1) is 6.61 Å². The molecule has 1 atom stereocenters. The lowest BCUT2D eigenvalue weighted by Gasteiger charge is -2.28. The van der Waals surface area contributed by atoms with Crippen molar-refractivity contribution in [1.29, 1.82) is 0 Å². The molecule has 0 amide bonds. The summed E-state index contributed by atoms with van der Waals surface area (Å²) in [6, 6.07) is 19.4. The van der Waals surface area contributed by atoms with Crippen LogP contribution in [0.4, 0.5) is 5.69 Å². The number of hydrogen-bond acceptors (Lipinski definition) is 3. The fraction of sp³-hybridized carbons (Fsp3) is 0.368. The largest absolute Gasteiger partial charge is 0.399 e. The highest BCUT2D eigenvalue weighted by Crippen LogP contribution is 2.18. The van der Waals surface area contributed by atoms with Crippen LogP contribution >= 0.6 is 0 Å². The van der Waals surface area contributed by atoms with Crippen molar-refractivity contribution < 1.29 is 4.74 Å². The molecule has 3 rings (SSSR count). The summed E-state index contributed by atoms with van der Waals surface area (Å²) in [6.45, 7) is 3.71. The Morgan fingerprint density at radius 1 is 1.05 bits per heavy atom. The number of ether oxygens (including phenoxy) is 1.